The van der Waals surface area contributed by atoms with E-state index in [4.69, 9.17) is 4.74 Å². The number of carbonyl (C=O) groups excluding carboxylic acids is 1. The van der Waals surface area contributed by atoms with E-state index in [1.165, 1.54) is 30.2 Å². The fourth-order valence-corrected chi connectivity index (χ4v) is 5.31. The molecule has 2 fully saturated rings. The molecule has 3 heterocycles. The number of rotatable bonds is 5. The van der Waals surface area contributed by atoms with Crippen molar-refractivity contribution in [3.63, 3.8) is 0 Å². The predicted molar refractivity (Wildman–Crippen MR) is 109 cm³/mol. The molecule has 0 bridgehead atoms. The van der Waals surface area contributed by atoms with E-state index < -0.39 is 0 Å². The van der Waals surface area contributed by atoms with Crippen molar-refractivity contribution in [2.75, 3.05) is 20.2 Å². The molecule has 1 aliphatic carbocycles. The summed E-state index contributed by atoms with van der Waals surface area (Å²) < 4.78 is 20.5. The van der Waals surface area contributed by atoms with E-state index >= 15 is 0 Å². The number of aromatic amines is 1. The fraction of sp³-hybridized carbons (Fsp3) is 0.476. The van der Waals surface area contributed by atoms with Crippen LogP contribution in [0.25, 0.3) is 10.1 Å². The zero-order valence-electron chi connectivity index (χ0n) is 16.3. The van der Waals surface area contributed by atoms with Gasteiger partial charge in [0.25, 0.3) is 5.91 Å². The third-order valence-corrected chi connectivity index (χ3v) is 7.06. The first kappa shape index (κ1) is 18.7. The monoisotopic (exact) mass is 414 g/mol. The Morgan fingerprint density at radius 3 is 2.79 bits per heavy atom. The van der Waals surface area contributed by atoms with Gasteiger partial charge >= 0.3 is 0 Å². The van der Waals surface area contributed by atoms with E-state index in [0.29, 0.717) is 40.8 Å². The van der Waals surface area contributed by atoms with Gasteiger partial charge in [-0.15, -0.1) is 11.3 Å². The van der Waals surface area contributed by atoms with E-state index in [2.05, 4.69) is 15.2 Å². The Kier molecular flexibility index (Phi) is 4.83. The van der Waals surface area contributed by atoms with Crippen LogP contribution in [0.2, 0.25) is 0 Å². The van der Waals surface area contributed by atoms with Crippen molar-refractivity contribution in [2.24, 2.45) is 0 Å². The first-order valence-electron chi connectivity index (χ1n) is 10.1. The zero-order chi connectivity index (χ0) is 20.0. The minimum atomic E-state index is -0.305. The van der Waals surface area contributed by atoms with Gasteiger partial charge in [-0.25, -0.2) is 9.37 Å². The Balaban J connectivity index is 1.33. The van der Waals surface area contributed by atoms with Crippen LogP contribution in [0.1, 0.15) is 64.4 Å². The molecule has 1 aliphatic heterocycles. The highest BCUT2D eigenvalue weighted by atomic mass is 32.1. The molecule has 2 aromatic heterocycles. The molecule has 2 aliphatic rings. The quantitative estimate of drug-likeness (QED) is 0.679. The van der Waals surface area contributed by atoms with Crippen molar-refractivity contribution in [3.05, 3.63) is 46.1 Å². The number of nitrogens with one attached hydrogen (secondary N) is 1. The number of piperidine rings is 1. The second-order valence-electron chi connectivity index (χ2n) is 7.88. The number of benzene rings is 1. The molecule has 1 amide bonds. The summed E-state index contributed by atoms with van der Waals surface area (Å²) in [5.41, 5.74) is 0.655. The summed E-state index contributed by atoms with van der Waals surface area (Å²) in [4.78, 5) is 20.4. The molecule has 1 saturated carbocycles. The lowest BCUT2D eigenvalue weighted by Gasteiger charge is -2.31. The summed E-state index contributed by atoms with van der Waals surface area (Å²) in [6.45, 7) is 1.54. The third kappa shape index (κ3) is 3.44. The highest BCUT2D eigenvalue weighted by Gasteiger charge is 2.32. The van der Waals surface area contributed by atoms with Gasteiger partial charge in [0, 0.05) is 47.7 Å². The maximum Gasteiger partial charge on any atom is 0.264 e. The highest BCUT2D eigenvalue weighted by molar-refractivity contribution is 7.21. The Hall–Kier alpha value is -2.32. The molecule has 6 nitrogen and oxygen atoms in total. The molecule has 29 heavy (non-hydrogen) atoms. The largest absolute Gasteiger partial charge is 0.380 e. The van der Waals surface area contributed by atoms with Crippen molar-refractivity contribution < 1.29 is 13.9 Å². The van der Waals surface area contributed by atoms with Crippen molar-refractivity contribution in [2.45, 2.75) is 44.1 Å². The van der Waals surface area contributed by atoms with Crippen LogP contribution in [-0.2, 0) is 11.3 Å². The minimum Gasteiger partial charge on any atom is -0.380 e. The summed E-state index contributed by atoms with van der Waals surface area (Å²) in [6, 6.07) is 4.96. The van der Waals surface area contributed by atoms with Crippen LogP contribution in [-0.4, -0.2) is 46.2 Å². The smallest absolute Gasteiger partial charge is 0.264 e. The van der Waals surface area contributed by atoms with Crippen LogP contribution in [0, 0.1) is 5.82 Å². The SMILES string of the molecule is COCc1c(C(=O)N2CCC(c3nc(C4CC4)n[nH]3)CC2)sc2cccc(F)c12. The van der Waals surface area contributed by atoms with Gasteiger partial charge in [-0.05, 0) is 37.8 Å². The number of likely N-dealkylation sites (tertiary alicyclic amines) is 1. The Labute approximate surface area is 172 Å². The van der Waals surface area contributed by atoms with E-state index in [1.807, 2.05) is 11.0 Å². The van der Waals surface area contributed by atoms with E-state index in [1.54, 1.807) is 13.2 Å². The molecule has 5 rings (SSSR count). The predicted octanol–water partition coefficient (Wildman–Crippen LogP) is 4.20. The van der Waals surface area contributed by atoms with Gasteiger partial charge < -0.3 is 9.64 Å². The molecule has 0 radical (unpaired) electrons. The van der Waals surface area contributed by atoms with Crippen molar-refractivity contribution in [1.29, 1.82) is 0 Å². The summed E-state index contributed by atoms with van der Waals surface area (Å²) in [6.07, 6.45) is 4.07. The first-order chi connectivity index (χ1) is 14.2. The Morgan fingerprint density at radius 2 is 2.07 bits per heavy atom. The van der Waals surface area contributed by atoms with Crippen LogP contribution < -0.4 is 0 Å². The lowest BCUT2D eigenvalue weighted by atomic mass is 9.96. The van der Waals surface area contributed by atoms with Crippen LogP contribution in [0.3, 0.4) is 0 Å². The molecule has 0 unspecified atom stereocenters. The van der Waals surface area contributed by atoms with E-state index in [0.717, 1.165) is 29.2 Å². The summed E-state index contributed by atoms with van der Waals surface area (Å²) in [5, 5.41) is 7.96. The topological polar surface area (TPSA) is 71.1 Å². The molecule has 3 aromatic rings. The van der Waals surface area contributed by atoms with Gasteiger partial charge in [0.15, 0.2) is 5.82 Å². The Bertz CT molecular complexity index is 1050. The number of ether oxygens (including phenoxy) is 1. The van der Waals surface area contributed by atoms with Gasteiger partial charge in [0.05, 0.1) is 11.5 Å². The zero-order valence-corrected chi connectivity index (χ0v) is 17.1. The number of amides is 1. The molecule has 1 N–H and O–H groups in total. The molecular weight excluding hydrogens is 391 g/mol. The highest BCUT2D eigenvalue weighted by Crippen LogP contribution is 2.39. The normalized spacial score (nSPS) is 17.9. The van der Waals surface area contributed by atoms with E-state index in [-0.39, 0.29) is 18.3 Å². The van der Waals surface area contributed by atoms with Crippen LogP contribution in [0.4, 0.5) is 4.39 Å². The molecular formula is C21H23FN4O2S. The van der Waals surface area contributed by atoms with Gasteiger partial charge in [-0.1, -0.05) is 6.07 Å². The number of carbonyl (C=O) groups is 1. The first-order valence-corrected chi connectivity index (χ1v) is 10.9. The summed E-state index contributed by atoms with van der Waals surface area (Å²) in [7, 11) is 1.57. The van der Waals surface area contributed by atoms with Crippen LogP contribution in [0.5, 0.6) is 0 Å². The molecule has 0 atom stereocenters. The number of hydrogen-bond acceptors (Lipinski definition) is 5. The lowest BCUT2D eigenvalue weighted by Crippen LogP contribution is -2.38. The standard InChI is InChI=1S/C21H23FN4O2S/c1-28-11-14-17-15(22)3-2-4-16(17)29-18(14)21(27)26-9-7-13(8-10-26)20-23-19(24-25-20)12-5-6-12/h2-4,12-13H,5-11H2,1H3,(H,23,24,25). The molecule has 1 aromatic carbocycles. The maximum absolute atomic E-state index is 14.4. The average molecular weight is 415 g/mol. The average Bonchev–Trinajstić information content (AvgIpc) is 3.35. The fourth-order valence-electron chi connectivity index (χ4n) is 4.12. The van der Waals surface area contributed by atoms with Crippen molar-refractivity contribution >= 4 is 27.3 Å². The third-order valence-electron chi connectivity index (χ3n) is 5.88. The number of thiophene rings is 1. The number of hydrogen-bond donors (Lipinski definition) is 1. The summed E-state index contributed by atoms with van der Waals surface area (Å²) in [5.74, 6) is 2.39. The number of nitrogens with zero attached hydrogens (tertiary/aromatic N) is 3. The van der Waals surface area contributed by atoms with Crippen molar-refractivity contribution in [1.82, 2.24) is 20.1 Å². The minimum absolute atomic E-state index is 0.0349. The molecule has 152 valence electrons. The second kappa shape index (κ2) is 7.50. The number of halogens is 1. The molecule has 1 saturated heterocycles. The Morgan fingerprint density at radius 1 is 1.28 bits per heavy atom. The number of aromatic nitrogens is 3. The maximum atomic E-state index is 14.4. The number of H-pyrrole nitrogens is 1. The van der Waals surface area contributed by atoms with Gasteiger partial charge in [0.2, 0.25) is 0 Å². The van der Waals surface area contributed by atoms with Crippen LogP contribution >= 0.6 is 11.3 Å². The second-order valence-corrected chi connectivity index (χ2v) is 8.93. The summed E-state index contributed by atoms with van der Waals surface area (Å²) >= 11 is 1.35. The van der Waals surface area contributed by atoms with Crippen molar-refractivity contribution in [3.8, 4) is 0 Å². The molecule has 8 heteroatoms. The van der Waals surface area contributed by atoms with Crippen LogP contribution in [0.15, 0.2) is 18.2 Å². The van der Waals surface area contributed by atoms with Gasteiger partial charge in [-0.3, -0.25) is 9.89 Å². The number of methoxy groups -OCH3 is 1. The van der Waals surface area contributed by atoms with Gasteiger partial charge in [0.1, 0.15) is 11.6 Å². The van der Waals surface area contributed by atoms with E-state index in [9.17, 15) is 9.18 Å². The molecule has 0 spiro atoms. The van der Waals surface area contributed by atoms with Gasteiger partial charge in [-0.2, -0.15) is 5.10 Å². The lowest BCUT2D eigenvalue weighted by molar-refractivity contribution is 0.0712. The number of fused-ring (bicyclic) bond motifs is 1.